The van der Waals surface area contributed by atoms with Crippen molar-refractivity contribution in [2.75, 3.05) is 13.3 Å². The lowest BCUT2D eigenvalue weighted by molar-refractivity contribution is 0.807. The first-order valence-corrected chi connectivity index (χ1v) is 9.30. The monoisotopic (exact) mass is 333 g/mol. The molecule has 22 heavy (non-hydrogen) atoms. The Bertz CT molecular complexity index is 647. The fraction of sp³-hybridized carbons (Fsp3) is 0.353. The van der Waals surface area contributed by atoms with E-state index in [1.807, 2.05) is 11.3 Å². The fourth-order valence-corrected chi connectivity index (χ4v) is 3.68. The number of hydrogen-bond donors (Lipinski definition) is 2. The third-order valence-electron chi connectivity index (χ3n) is 3.34. The Kier molecular flexibility index (Phi) is 6.34. The van der Waals surface area contributed by atoms with E-state index in [-0.39, 0.29) is 0 Å². The molecule has 5 heteroatoms. The summed E-state index contributed by atoms with van der Waals surface area (Å²) < 4.78 is 0. The Morgan fingerprint density at radius 1 is 1.14 bits per heavy atom. The van der Waals surface area contributed by atoms with Crippen molar-refractivity contribution in [3.05, 3.63) is 51.2 Å². The number of hydrogen-bond acceptors (Lipinski definition) is 3. The van der Waals surface area contributed by atoms with E-state index in [4.69, 9.17) is 0 Å². The zero-order chi connectivity index (χ0) is 15.9. The van der Waals surface area contributed by atoms with E-state index in [2.05, 4.69) is 66.1 Å². The lowest BCUT2D eigenvalue weighted by Gasteiger charge is -2.13. The standard InChI is InChI=1S/C17H23N3S2/c1-12-5-7-14(16(9-12)21-4)10-19-17(18-3)20-11-15-8-6-13(2)22-15/h5-9H,10-11H2,1-4H3,(H2,18,19,20). The SMILES string of the molecule is CN=C(NCc1ccc(C)s1)NCc1ccc(C)cc1SC. The van der Waals surface area contributed by atoms with Gasteiger partial charge in [-0.25, -0.2) is 0 Å². The quantitative estimate of drug-likeness (QED) is 0.494. The molecule has 0 atom stereocenters. The molecule has 0 unspecified atom stereocenters. The van der Waals surface area contributed by atoms with E-state index in [9.17, 15) is 0 Å². The largest absolute Gasteiger partial charge is 0.352 e. The van der Waals surface area contributed by atoms with Gasteiger partial charge in [0.15, 0.2) is 5.96 Å². The third-order valence-corrected chi connectivity index (χ3v) is 5.16. The van der Waals surface area contributed by atoms with Gasteiger partial charge in [0.25, 0.3) is 0 Å². The molecule has 0 saturated carbocycles. The van der Waals surface area contributed by atoms with Crippen LogP contribution in [0.15, 0.2) is 40.2 Å². The smallest absolute Gasteiger partial charge is 0.191 e. The van der Waals surface area contributed by atoms with Crippen LogP contribution >= 0.6 is 23.1 Å². The van der Waals surface area contributed by atoms with Crippen LogP contribution in [-0.2, 0) is 13.1 Å². The van der Waals surface area contributed by atoms with Crippen LogP contribution in [-0.4, -0.2) is 19.3 Å². The van der Waals surface area contributed by atoms with Crippen LogP contribution in [0.25, 0.3) is 0 Å². The summed E-state index contributed by atoms with van der Waals surface area (Å²) in [4.78, 5) is 8.26. The van der Waals surface area contributed by atoms with Gasteiger partial charge in [-0.15, -0.1) is 23.1 Å². The number of nitrogens with one attached hydrogen (secondary N) is 2. The van der Waals surface area contributed by atoms with Gasteiger partial charge in [0.2, 0.25) is 0 Å². The highest BCUT2D eigenvalue weighted by Crippen LogP contribution is 2.21. The molecular formula is C17H23N3S2. The number of aliphatic imine (C=N–C) groups is 1. The van der Waals surface area contributed by atoms with Crippen LogP contribution in [0.4, 0.5) is 0 Å². The van der Waals surface area contributed by atoms with Crippen molar-refractivity contribution >= 4 is 29.1 Å². The van der Waals surface area contributed by atoms with Crippen LogP contribution in [0.2, 0.25) is 0 Å². The Morgan fingerprint density at radius 3 is 2.55 bits per heavy atom. The molecule has 0 saturated heterocycles. The molecule has 0 radical (unpaired) electrons. The maximum Gasteiger partial charge on any atom is 0.191 e. The van der Waals surface area contributed by atoms with E-state index < -0.39 is 0 Å². The topological polar surface area (TPSA) is 36.4 Å². The minimum Gasteiger partial charge on any atom is -0.352 e. The van der Waals surface area contributed by atoms with E-state index in [1.54, 1.807) is 18.8 Å². The summed E-state index contributed by atoms with van der Waals surface area (Å²) in [5, 5.41) is 6.75. The number of aryl methyl sites for hydroxylation is 2. The van der Waals surface area contributed by atoms with Gasteiger partial charge in [0, 0.05) is 28.2 Å². The predicted molar refractivity (Wildman–Crippen MR) is 99.1 cm³/mol. The van der Waals surface area contributed by atoms with Crippen molar-refractivity contribution in [3.63, 3.8) is 0 Å². The summed E-state index contributed by atoms with van der Waals surface area (Å²) in [6, 6.07) is 10.9. The molecule has 0 fully saturated rings. The van der Waals surface area contributed by atoms with Gasteiger partial charge in [-0.05, 0) is 49.4 Å². The first-order chi connectivity index (χ1) is 10.6. The summed E-state index contributed by atoms with van der Waals surface area (Å²) >= 11 is 3.60. The third kappa shape index (κ3) is 4.78. The van der Waals surface area contributed by atoms with Gasteiger partial charge in [-0.3, -0.25) is 4.99 Å². The number of nitrogens with zero attached hydrogens (tertiary/aromatic N) is 1. The highest BCUT2D eigenvalue weighted by Gasteiger charge is 2.04. The van der Waals surface area contributed by atoms with Crippen LogP contribution in [0.5, 0.6) is 0 Å². The average molecular weight is 334 g/mol. The Balaban J connectivity index is 1.91. The fourth-order valence-electron chi connectivity index (χ4n) is 2.15. The average Bonchev–Trinajstić information content (AvgIpc) is 2.94. The highest BCUT2D eigenvalue weighted by atomic mass is 32.2. The lowest BCUT2D eigenvalue weighted by atomic mass is 10.1. The number of thioether (sulfide) groups is 1. The van der Waals surface area contributed by atoms with Crippen LogP contribution in [0, 0.1) is 13.8 Å². The number of thiophene rings is 1. The predicted octanol–water partition coefficient (Wildman–Crippen LogP) is 3.95. The van der Waals surface area contributed by atoms with Crippen molar-refractivity contribution in [1.82, 2.24) is 10.6 Å². The van der Waals surface area contributed by atoms with Crippen molar-refractivity contribution in [2.24, 2.45) is 4.99 Å². The van der Waals surface area contributed by atoms with Gasteiger partial charge in [-0.1, -0.05) is 12.1 Å². The summed E-state index contributed by atoms with van der Waals surface area (Å²) in [5.74, 6) is 0.832. The van der Waals surface area contributed by atoms with Crippen LogP contribution < -0.4 is 10.6 Å². The molecule has 0 aliphatic rings. The van der Waals surface area contributed by atoms with Crippen molar-refractivity contribution in [3.8, 4) is 0 Å². The first-order valence-electron chi connectivity index (χ1n) is 7.25. The Morgan fingerprint density at radius 2 is 1.91 bits per heavy atom. The van der Waals surface area contributed by atoms with Gasteiger partial charge < -0.3 is 10.6 Å². The van der Waals surface area contributed by atoms with Crippen LogP contribution in [0.3, 0.4) is 0 Å². The second kappa shape index (κ2) is 8.25. The van der Waals surface area contributed by atoms with Crippen molar-refractivity contribution in [1.29, 1.82) is 0 Å². The van der Waals surface area contributed by atoms with Gasteiger partial charge in [-0.2, -0.15) is 0 Å². The van der Waals surface area contributed by atoms with Crippen molar-refractivity contribution in [2.45, 2.75) is 31.8 Å². The number of benzene rings is 1. The lowest BCUT2D eigenvalue weighted by Crippen LogP contribution is -2.36. The molecular weight excluding hydrogens is 310 g/mol. The normalized spacial score (nSPS) is 11.5. The molecule has 118 valence electrons. The van der Waals surface area contributed by atoms with E-state index in [0.717, 1.165) is 19.0 Å². The highest BCUT2D eigenvalue weighted by molar-refractivity contribution is 7.98. The molecule has 2 rings (SSSR count). The summed E-state index contributed by atoms with van der Waals surface area (Å²) in [6.45, 7) is 5.84. The van der Waals surface area contributed by atoms with E-state index >= 15 is 0 Å². The molecule has 1 heterocycles. The molecule has 0 aliphatic carbocycles. The molecule has 3 nitrogen and oxygen atoms in total. The molecule has 0 amide bonds. The minimum atomic E-state index is 0.777. The minimum absolute atomic E-state index is 0.777. The molecule has 1 aromatic heterocycles. The van der Waals surface area contributed by atoms with Gasteiger partial charge >= 0.3 is 0 Å². The van der Waals surface area contributed by atoms with Gasteiger partial charge in [0.1, 0.15) is 0 Å². The molecule has 2 N–H and O–H groups in total. The second-order valence-corrected chi connectivity index (χ2v) is 7.33. The summed E-state index contributed by atoms with van der Waals surface area (Å²) in [5.41, 5.74) is 2.59. The molecule has 0 bridgehead atoms. The van der Waals surface area contributed by atoms with Crippen molar-refractivity contribution < 1.29 is 0 Å². The molecule has 1 aromatic carbocycles. The van der Waals surface area contributed by atoms with E-state index in [0.29, 0.717) is 0 Å². The van der Waals surface area contributed by atoms with Crippen LogP contribution in [0.1, 0.15) is 20.9 Å². The Hall–Kier alpha value is -1.46. The Labute approximate surface area is 141 Å². The zero-order valence-electron chi connectivity index (χ0n) is 13.6. The van der Waals surface area contributed by atoms with E-state index in [1.165, 1.54) is 25.8 Å². The summed E-state index contributed by atoms with van der Waals surface area (Å²) in [6.07, 6.45) is 2.12. The molecule has 0 spiro atoms. The summed E-state index contributed by atoms with van der Waals surface area (Å²) in [7, 11) is 1.81. The number of rotatable bonds is 5. The maximum absolute atomic E-state index is 4.29. The second-order valence-electron chi connectivity index (χ2n) is 5.11. The number of guanidine groups is 1. The maximum atomic E-state index is 4.29. The van der Waals surface area contributed by atoms with Gasteiger partial charge in [0.05, 0.1) is 6.54 Å². The zero-order valence-corrected chi connectivity index (χ0v) is 15.2. The first kappa shape index (κ1) is 16.9. The molecule has 0 aliphatic heterocycles. The molecule has 2 aromatic rings.